The highest BCUT2D eigenvalue weighted by Crippen LogP contribution is 2.18. The van der Waals surface area contributed by atoms with Gasteiger partial charge in [-0.3, -0.25) is 15.0 Å². The van der Waals surface area contributed by atoms with Gasteiger partial charge in [-0.2, -0.15) is 0 Å². The molecule has 0 unspecified atom stereocenters. The minimum atomic E-state index is -0.171. The number of hydrogen-bond acceptors (Lipinski definition) is 4. The van der Waals surface area contributed by atoms with Crippen molar-refractivity contribution in [3.8, 4) is 0 Å². The number of amides is 2. The Labute approximate surface area is 141 Å². The zero-order valence-electron chi connectivity index (χ0n) is 14.1. The second-order valence-corrected chi connectivity index (χ2v) is 6.23. The fourth-order valence-electron chi connectivity index (χ4n) is 2.87. The SMILES string of the molecule is CN1CCN(NC(=O)CN(C)C(=O)c2c[nH]c3ccccc23)CC1. The summed E-state index contributed by atoms with van der Waals surface area (Å²) >= 11 is 0. The number of aromatic amines is 1. The van der Waals surface area contributed by atoms with Crippen molar-refractivity contribution in [2.45, 2.75) is 0 Å². The molecule has 7 nitrogen and oxygen atoms in total. The molecule has 1 saturated heterocycles. The Hall–Kier alpha value is -2.38. The van der Waals surface area contributed by atoms with Gasteiger partial charge in [0.05, 0.1) is 5.56 Å². The summed E-state index contributed by atoms with van der Waals surface area (Å²) in [6.07, 6.45) is 1.70. The summed E-state index contributed by atoms with van der Waals surface area (Å²) in [4.78, 5) is 31.5. The van der Waals surface area contributed by atoms with Crippen molar-refractivity contribution in [3.05, 3.63) is 36.0 Å². The van der Waals surface area contributed by atoms with Crippen molar-refractivity contribution >= 4 is 22.7 Å². The summed E-state index contributed by atoms with van der Waals surface area (Å²) in [6, 6.07) is 7.64. The topological polar surface area (TPSA) is 71.7 Å². The molecule has 0 bridgehead atoms. The van der Waals surface area contributed by atoms with Gasteiger partial charge in [-0.15, -0.1) is 0 Å². The molecule has 0 atom stereocenters. The first-order valence-corrected chi connectivity index (χ1v) is 8.09. The van der Waals surface area contributed by atoms with Gasteiger partial charge in [-0.25, -0.2) is 5.01 Å². The van der Waals surface area contributed by atoms with Crippen molar-refractivity contribution in [1.82, 2.24) is 25.2 Å². The van der Waals surface area contributed by atoms with Gasteiger partial charge in [0, 0.05) is 50.3 Å². The molecule has 0 spiro atoms. The monoisotopic (exact) mass is 329 g/mol. The number of rotatable bonds is 4. The molecule has 128 valence electrons. The summed E-state index contributed by atoms with van der Waals surface area (Å²) in [5, 5.41) is 2.78. The molecule has 0 saturated carbocycles. The second-order valence-electron chi connectivity index (χ2n) is 6.23. The Kier molecular flexibility index (Phi) is 4.82. The van der Waals surface area contributed by atoms with Crippen LogP contribution in [0.2, 0.25) is 0 Å². The van der Waals surface area contributed by atoms with Crippen LogP contribution in [0.1, 0.15) is 10.4 Å². The number of aromatic nitrogens is 1. The third kappa shape index (κ3) is 3.58. The van der Waals surface area contributed by atoms with Crippen LogP contribution in [0.15, 0.2) is 30.5 Å². The van der Waals surface area contributed by atoms with E-state index in [1.54, 1.807) is 13.2 Å². The molecule has 1 aliphatic rings. The zero-order chi connectivity index (χ0) is 17.1. The number of benzene rings is 1. The molecule has 1 aromatic heterocycles. The number of H-pyrrole nitrogens is 1. The Morgan fingerprint density at radius 1 is 1.21 bits per heavy atom. The molecular weight excluding hydrogens is 306 g/mol. The van der Waals surface area contributed by atoms with Gasteiger partial charge in [-0.05, 0) is 13.1 Å². The predicted molar refractivity (Wildman–Crippen MR) is 92.5 cm³/mol. The average molecular weight is 329 g/mol. The highest BCUT2D eigenvalue weighted by atomic mass is 16.2. The van der Waals surface area contributed by atoms with Gasteiger partial charge >= 0.3 is 0 Å². The van der Waals surface area contributed by atoms with Crippen LogP contribution in [0.25, 0.3) is 10.9 Å². The normalized spacial score (nSPS) is 16.2. The first-order chi connectivity index (χ1) is 11.5. The summed E-state index contributed by atoms with van der Waals surface area (Å²) in [5.74, 6) is -0.337. The van der Waals surface area contributed by atoms with E-state index in [0.717, 1.165) is 37.1 Å². The van der Waals surface area contributed by atoms with Gasteiger partial charge < -0.3 is 14.8 Å². The average Bonchev–Trinajstić information content (AvgIpc) is 3.00. The first kappa shape index (κ1) is 16.5. The molecular formula is C17H23N5O2. The lowest BCUT2D eigenvalue weighted by Gasteiger charge is -2.32. The molecule has 2 N–H and O–H groups in total. The van der Waals surface area contributed by atoms with Crippen LogP contribution in [0.3, 0.4) is 0 Å². The Balaban J connectivity index is 1.59. The van der Waals surface area contributed by atoms with Gasteiger partial charge in [0.2, 0.25) is 0 Å². The van der Waals surface area contributed by atoms with E-state index in [4.69, 9.17) is 0 Å². The van der Waals surface area contributed by atoms with E-state index in [0.29, 0.717) is 5.56 Å². The maximum Gasteiger partial charge on any atom is 0.256 e. The van der Waals surface area contributed by atoms with Crippen molar-refractivity contribution in [3.63, 3.8) is 0 Å². The summed E-state index contributed by atoms with van der Waals surface area (Å²) in [7, 11) is 3.71. The van der Waals surface area contributed by atoms with Crippen molar-refractivity contribution in [2.24, 2.45) is 0 Å². The lowest BCUT2D eigenvalue weighted by molar-refractivity contribution is -0.127. The zero-order valence-corrected chi connectivity index (χ0v) is 14.1. The van der Waals surface area contributed by atoms with Crippen LogP contribution < -0.4 is 5.43 Å². The number of hydrazine groups is 1. The van der Waals surface area contributed by atoms with E-state index in [9.17, 15) is 9.59 Å². The van der Waals surface area contributed by atoms with Crippen LogP contribution in [0.5, 0.6) is 0 Å². The smallest absolute Gasteiger partial charge is 0.256 e. The first-order valence-electron chi connectivity index (χ1n) is 8.09. The lowest BCUT2D eigenvalue weighted by atomic mass is 10.1. The highest BCUT2D eigenvalue weighted by molar-refractivity contribution is 6.07. The number of carbonyl (C=O) groups excluding carboxylic acids is 2. The molecule has 2 aromatic rings. The van der Waals surface area contributed by atoms with E-state index in [1.165, 1.54) is 4.90 Å². The highest BCUT2D eigenvalue weighted by Gasteiger charge is 2.20. The maximum atomic E-state index is 12.6. The van der Waals surface area contributed by atoms with Crippen molar-refractivity contribution in [2.75, 3.05) is 46.8 Å². The van der Waals surface area contributed by atoms with Crippen LogP contribution in [0.4, 0.5) is 0 Å². The molecule has 1 aliphatic heterocycles. The van der Waals surface area contributed by atoms with Crippen LogP contribution in [0, 0.1) is 0 Å². The van der Waals surface area contributed by atoms with E-state index in [-0.39, 0.29) is 18.4 Å². The number of nitrogens with one attached hydrogen (secondary N) is 2. The maximum absolute atomic E-state index is 12.6. The molecule has 2 heterocycles. The third-order valence-electron chi connectivity index (χ3n) is 4.33. The van der Waals surface area contributed by atoms with Crippen molar-refractivity contribution in [1.29, 1.82) is 0 Å². The second kappa shape index (κ2) is 7.02. The molecule has 7 heteroatoms. The Morgan fingerprint density at radius 3 is 2.67 bits per heavy atom. The quantitative estimate of drug-likeness (QED) is 0.858. The van der Waals surface area contributed by atoms with E-state index >= 15 is 0 Å². The minimum absolute atomic E-state index is 0.0324. The number of para-hydroxylation sites is 1. The summed E-state index contributed by atoms with van der Waals surface area (Å²) in [5.41, 5.74) is 4.37. The Morgan fingerprint density at radius 2 is 1.92 bits per heavy atom. The number of likely N-dealkylation sites (N-methyl/N-ethyl adjacent to an activating group) is 2. The van der Waals surface area contributed by atoms with Gasteiger partial charge in [0.15, 0.2) is 0 Å². The van der Waals surface area contributed by atoms with Crippen molar-refractivity contribution < 1.29 is 9.59 Å². The van der Waals surface area contributed by atoms with Gasteiger partial charge in [0.1, 0.15) is 6.54 Å². The molecule has 3 rings (SSSR count). The lowest BCUT2D eigenvalue weighted by Crippen LogP contribution is -2.54. The molecule has 1 fully saturated rings. The van der Waals surface area contributed by atoms with Gasteiger partial charge in [-0.1, -0.05) is 18.2 Å². The number of carbonyl (C=O) groups is 2. The van der Waals surface area contributed by atoms with E-state index < -0.39 is 0 Å². The van der Waals surface area contributed by atoms with Crippen LogP contribution >= 0.6 is 0 Å². The van der Waals surface area contributed by atoms with Crippen LogP contribution in [-0.4, -0.2) is 78.4 Å². The number of piperazine rings is 1. The van der Waals surface area contributed by atoms with E-state index in [1.807, 2.05) is 29.3 Å². The molecule has 2 amide bonds. The standard InChI is InChI=1S/C17H23N5O2/c1-20-7-9-22(10-8-20)19-16(23)12-21(2)17(24)14-11-18-15-6-4-3-5-13(14)15/h3-6,11,18H,7-10,12H2,1-2H3,(H,19,23). The van der Waals surface area contributed by atoms with Crippen LogP contribution in [-0.2, 0) is 4.79 Å². The van der Waals surface area contributed by atoms with Gasteiger partial charge in [0.25, 0.3) is 11.8 Å². The molecule has 0 radical (unpaired) electrons. The fourth-order valence-corrected chi connectivity index (χ4v) is 2.87. The number of fused-ring (bicyclic) bond motifs is 1. The summed E-state index contributed by atoms with van der Waals surface area (Å²) < 4.78 is 0. The largest absolute Gasteiger partial charge is 0.360 e. The summed E-state index contributed by atoms with van der Waals surface area (Å²) in [6.45, 7) is 3.46. The fraction of sp³-hybridized carbons (Fsp3) is 0.412. The molecule has 1 aromatic carbocycles. The number of hydrogen-bond donors (Lipinski definition) is 2. The third-order valence-corrected chi connectivity index (χ3v) is 4.33. The predicted octanol–water partition coefficient (Wildman–Crippen LogP) is 0.519. The Bertz CT molecular complexity index is 733. The minimum Gasteiger partial charge on any atom is -0.360 e. The molecule has 24 heavy (non-hydrogen) atoms. The molecule has 0 aliphatic carbocycles. The van der Waals surface area contributed by atoms with E-state index in [2.05, 4.69) is 22.4 Å². The number of nitrogens with zero attached hydrogens (tertiary/aromatic N) is 3.